The fourth-order valence-electron chi connectivity index (χ4n) is 4.02. The molecular weight excluding hydrogens is 390 g/mol. The summed E-state index contributed by atoms with van der Waals surface area (Å²) in [5.41, 5.74) is 2.30. The first-order chi connectivity index (χ1) is 15.2. The predicted molar refractivity (Wildman–Crippen MR) is 118 cm³/mol. The Kier molecular flexibility index (Phi) is 6.77. The largest absolute Gasteiger partial charge is 0.480 e. The smallest absolute Gasteiger partial charge is 0.235 e. The van der Waals surface area contributed by atoms with Crippen molar-refractivity contribution in [3.63, 3.8) is 0 Å². The Labute approximate surface area is 182 Å². The van der Waals surface area contributed by atoms with Crippen LogP contribution in [0, 0.1) is 0 Å². The van der Waals surface area contributed by atoms with Crippen molar-refractivity contribution in [2.24, 2.45) is 0 Å². The molecule has 1 amide bonds. The molecule has 0 aliphatic carbocycles. The second-order valence-electron chi connectivity index (χ2n) is 7.70. The molecule has 1 atom stereocenters. The molecule has 6 nitrogen and oxygen atoms in total. The quantitative estimate of drug-likeness (QED) is 0.580. The summed E-state index contributed by atoms with van der Waals surface area (Å²) in [5, 5.41) is 0. The minimum Gasteiger partial charge on any atom is -0.480 e. The van der Waals surface area contributed by atoms with Crippen LogP contribution >= 0.6 is 0 Å². The van der Waals surface area contributed by atoms with Crippen LogP contribution in [0.2, 0.25) is 0 Å². The molecule has 1 aliphatic rings. The summed E-state index contributed by atoms with van der Waals surface area (Å²) in [5.74, 6) is 1.00. The van der Waals surface area contributed by atoms with Crippen LogP contribution in [0.5, 0.6) is 11.8 Å². The van der Waals surface area contributed by atoms with Crippen molar-refractivity contribution in [1.29, 1.82) is 0 Å². The number of benzene rings is 2. The molecule has 1 saturated heterocycles. The van der Waals surface area contributed by atoms with E-state index in [1.807, 2.05) is 41.3 Å². The molecule has 0 bridgehead atoms. The molecule has 0 spiro atoms. The van der Waals surface area contributed by atoms with Crippen LogP contribution in [0.25, 0.3) is 0 Å². The minimum atomic E-state index is -0.106. The maximum atomic E-state index is 13.3. The highest BCUT2D eigenvalue weighted by molar-refractivity contribution is 5.78. The molecule has 160 valence electrons. The number of amides is 1. The molecule has 0 saturated carbocycles. The van der Waals surface area contributed by atoms with E-state index in [1.54, 1.807) is 13.3 Å². The third-order valence-corrected chi connectivity index (χ3v) is 5.60. The highest BCUT2D eigenvalue weighted by atomic mass is 16.5. The molecule has 1 aromatic heterocycles. The third-order valence-electron chi connectivity index (χ3n) is 5.60. The van der Waals surface area contributed by atoms with E-state index < -0.39 is 0 Å². The lowest BCUT2D eigenvalue weighted by molar-refractivity contribution is -0.134. The number of likely N-dealkylation sites (tertiary alicyclic amines) is 1. The molecule has 3 aromatic rings. The monoisotopic (exact) mass is 417 g/mol. The zero-order valence-electron chi connectivity index (χ0n) is 17.7. The summed E-state index contributed by atoms with van der Waals surface area (Å²) < 4.78 is 11.1. The van der Waals surface area contributed by atoms with Gasteiger partial charge in [-0.2, -0.15) is 4.98 Å². The molecule has 0 radical (unpaired) electrons. The number of rotatable bonds is 7. The van der Waals surface area contributed by atoms with E-state index in [-0.39, 0.29) is 17.9 Å². The van der Waals surface area contributed by atoms with E-state index >= 15 is 0 Å². The topological polar surface area (TPSA) is 64.6 Å². The van der Waals surface area contributed by atoms with E-state index in [0.29, 0.717) is 24.7 Å². The van der Waals surface area contributed by atoms with Gasteiger partial charge >= 0.3 is 0 Å². The SMILES string of the molecule is COc1cncc(OC2CCCN(C(=O)CC(c3ccccc3)c3ccccc3)C2)n1. The van der Waals surface area contributed by atoms with Crippen LogP contribution in [-0.2, 0) is 4.79 Å². The maximum Gasteiger partial charge on any atom is 0.235 e. The third kappa shape index (κ3) is 5.40. The van der Waals surface area contributed by atoms with Crippen molar-refractivity contribution < 1.29 is 14.3 Å². The number of nitrogens with zero attached hydrogens (tertiary/aromatic N) is 3. The summed E-state index contributed by atoms with van der Waals surface area (Å²) in [6.07, 6.45) is 5.21. The zero-order chi connectivity index (χ0) is 21.5. The lowest BCUT2D eigenvalue weighted by Crippen LogP contribution is -2.44. The average molecular weight is 418 g/mol. The number of hydrogen-bond acceptors (Lipinski definition) is 5. The second kappa shape index (κ2) is 10.1. The summed E-state index contributed by atoms with van der Waals surface area (Å²) in [4.78, 5) is 23.6. The lowest BCUT2D eigenvalue weighted by Gasteiger charge is -2.33. The second-order valence-corrected chi connectivity index (χ2v) is 7.70. The van der Waals surface area contributed by atoms with Crippen molar-refractivity contribution >= 4 is 5.91 Å². The Bertz CT molecular complexity index is 942. The van der Waals surface area contributed by atoms with Gasteiger partial charge in [-0.15, -0.1) is 0 Å². The predicted octanol–water partition coefficient (Wildman–Crippen LogP) is 4.08. The number of carbonyl (C=O) groups excluding carboxylic acids is 1. The van der Waals surface area contributed by atoms with Crippen LogP contribution in [0.1, 0.15) is 36.3 Å². The van der Waals surface area contributed by atoms with Crippen LogP contribution in [-0.4, -0.2) is 47.1 Å². The number of hydrogen-bond donors (Lipinski definition) is 0. The first-order valence-corrected chi connectivity index (χ1v) is 10.6. The van der Waals surface area contributed by atoms with Crippen molar-refractivity contribution in [2.75, 3.05) is 20.2 Å². The van der Waals surface area contributed by atoms with Gasteiger partial charge in [0.1, 0.15) is 6.10 Å². The van der Waals surface area contributed by atoms with Crippen LogP contribution in [0.4, 0.5) is 0 Å². The molecule has 1 aliphatic heterocycles. The average Bonchev–Trinajstić information content (AvgIpc) is 2.84. The zero-order valence-corrected chi connectivity index (χ0v) is 17.7. The fraction of sp³-hybridized carbons (Fsp3) is 0.320. The molecular formula is C25H27N3O3. The molecule has 0 N–H and O–H groups in total. The number of piperidine rings is 1. The van der Waals surface area contributed by atoms with Gasteiger partial charge in [-0.1, -0.05) is 60.7 Å². The number of carbonyl (C=O) groups is 1. The standard InChI is InChI=1S/C25H27N3O3/c1-30-23-16-26-17-24(27-23)31-21-13-8-14-28(18-21)25(29)15-22(19-9-4-2-5-10-19)20-11-6-3-7-12-20/h2-7,9-12,16-17,21-22H,8,13-15,18H2,1H3. The van der Waals surface area contributed by atoms with E-state index in [4.69, 9.17) is 9.47 Å². The summed E-state index contributed by atoms with van der Waals surface area (Å²) in [6, 6.07) is 20.5. The van der Waals surface area contributed by atoms with E-state index in [0.717, 1.165) is 30.5 Å². The first-order valence-electron chi connectivity index (χ1n) is 10.6. The Morgan fingerprint density at radius 1 is 1.03 bits per heavy atom. The van der Waals surface area contributed by atoms with Crippen molar-refractivity contribution in [1.82, 2.24) is 14.9 Å². The van der Waals surface area contributed by atoms with Gasteiger partial charge in [0.05, 0.1) is 26.0 Å². The van der Waals surface area contributed by atoms with Gasteiger partial charge in [0.25, 0.3) is 0 Å². The fourth-order valence-corrected chi connectivity index (χ4v) is 4.02. The van der Waals surface area contributed by atoms with E-state index in [2.05, 4.69) is 34.2 Å². The Hall–Kier alpha value is -3.41. The van der Waals surface area contributed by atoms with E-state index in [1.165, 1.54) is 6.20 Å². The van der Waals surface area contributed by atoms with Crippen molar-refractivity contribution in [3.8, 4) is 11.8 Å². The Balaban J connectivity index is 1.45. The molecule has 2 heterocycles. The molecule has 2 aromatic carbocycles. The minimum absolute atomic E-state index is 0.0282. The molecule has 4 rings (SSSR count). The summed E-state index contributed by atoms with van der Waals surface area (Å²) in [6.45, 7) is 1.30. The number of methoxy groups -OCH3 is 1. The van der Waals surface area contributed by atoms with Crippen molar-refractivity contribution in [2.45, 2.75) is 31.3 Å². The van der Waals surface area contributed by atoms with Gasteiger partial charge in [0.2, 0.25) is 17.7 Å². The highest BCUT2D eigenvalue weighted by Crippen LogP contribution is 2.29. The van der Waals surface area contributed by atoms with Crippen molar-refractivity contribution in [3.05, 3.63) is 84.2 Å². The Morgan fingerprint density at radius 3 is 2.32 bits per heavy atom. The molecule has 1 unspecified atom stereocenters. The molecule has 6 heteroatoms. The Morgan fingerprint density at radius 2 is 1.68 bits per heavy atom. The summed E-state index contributed by atoms with van der Waals surface area (Å²) >= 11 is 0. The summed E-state index contributed by atoms with van der Waals surface area (Å²) in [7, 11) is 1.55. The lowest BCUT2D eigenvalue weighted by atomic mass is 9.88. The molecule has 1 fully saturated rings. The van der Waals surface area contributed by atoms with Gasteiger partial charge in [0, 0.05) is 18.9 Å². The van der Waals surface area contributed by atoms with Gasteiger partial charge in [-0.3, -0.25) is 9.78 Å². The van der Waals surface area contributed by atoms with Gasteiger partial charge in [-0.25, -0.2) is 0 Å². The van der Waals surface area contributed by atoms with Gasteiger partial charge in [-0.05, 0) is 24.0 Å². The van der Waals surface area contributed by atoms with Gasteiger partial charge in [0.15, 0.2) is 0 Å². The highest BCUT2D eigenvalue weighted by Gasteiger charge is 2.28. The first kappa shape index (κ1) is 20.8. The van der Waals surface area contributed by atoms with Crippen LogP contribution in [0.3, 0.4) is 0 Å². The van der Waals surface area contributed by atoms with Crippen LogP contribution < -0.4 is 9.47 Å². The number of aromatic nitrogens is 2. The van der Waals surface area contributed by atoms with Gasteiger partial charge < -0.3 is 14.4 Å². The normalized spacial score (nSPS) is 16.2. The van der Waals surface area contributed by atoms with Crippen LogP contribution in [0.15, 0.2) is 73.1 Å². The van der Waals surface area contributed by atoms with E-state index in [9.17, 15) is 4.79 Å². The molecule has 31 heavy (non-hydrogen) atoms. The number of ether oxygens (including phenoxy) is 2. The maximum absolute atomic E-state index is 13.3.